The van der Waals surface area contributed by atoms with Crippen molar-refractivity contribution >= 4 is 11.7 Å². The largest absolute Gasteiger partial charge is 0.481 e. The molecule has 0 radical (unpaired) electrons. The van der Waals surface area contributed by atoms with Crippen molar-refractivity contribution in [3.8, 4) is 0 Å². The van der Waals surface area contributed by atoms with Crippen molar-refractivity contribution in [1.29, 1.82) is 0 Å². The van der Waals surface area contributed by atoms with E-state index in [1.165, 1.54) is 5.56 Å². The molecule has 0 saturated carbocycles. The third kappa shape index (κ3) is 3.45. The molecule has 21 heavy (non-hydrogen) atoms. The van der Waals surface area contributed by atoms with E-state index in [2.05, 4.69) is 24.4 Å². The first-order valence-corrected chi connectivity index (χ1v) is 7.52. The van der Waals surface area contributed by atoms with Crippen molar-refractivity contribution in [1.82, 2.24) is 0 Å². The molecule has 4 heteroatoms. The van der Waals surface area contributed by atoms with Crippen LogP contribution in [0.3, 0.4) is 0 Å². The molecular formula is C17H23NO3. The first kappa shape index (κ1) is 15.6. The molecule has 1 aromatic rings. The van der Waals surface area contributed by atoms with Gasteiger partial charge in [-0.25, -0.2) is 0 Å². The third-order valence-electron chi connectivity index (χ3n) is 4.01. The zero-order valence-electron chi connectivity index (χ0n) is 12.7. The summed E-state index contributed by atoms with van der Waals surface area (Å²) in [6, 6.07) is 8.10. The van der Waals surface area contributed by atoms with Crippen molar-refractivity contribution in [2.24, 2.45) is 0 Å². The molecule has 0 aromatic heterocycles. The fourth-order valence-corrected chi connectivity index (χ4v) is 2.79. The monoisotopic (exact) mass is 289 g/mol. The van der Waals surface area contributed by atoms with Gasteiger partial charge in [-0.2, -0.15) is 0 Å². The van der Waals surface area contributed by atoms with E-state index in [1.54, 1.807) is 0 Å². The molecule has 2 N–H and O–H groups in total. The molecule has 1 aliphatic rings. The van der Waals surface area contributed by atoms with Crippen molar-refractivity contribution in [2.75, 3.05) is 11.9 Å². The highest BCUT2D eigenvalue weighted by atomic mass is 16.5. The highest BCUT2D eigenvalue weighted by Gasteiger charge is 2.38. The van der Waals surface area contributed by atoms with Crippen molar-refractivity contribution < 1.29 is 14.6 Å². The van der Waals surface area contributed by atoms with Crippen molar-refractivity contribution in [3.63, 3.8) is 0 Å². The van der Waals surface area contributed by atoms with E-state index in [0.717, 1.165) is 24.2 Å². The van der Waals surface area contributed by atoms with Gasteiger partial charge in [0.25, 0.3) is 0 Å². The first-order valence-electron chi connectivity index (χ1n) is 7.52. The Morgan fingerprint density at radius 2 is 2.14 bits per heavy atom. The van der Waals surface area contributed by atoms with Crippen LogP contribution in [0.15, 0.2) is 36.0 Å². The van der Waals surface area contributed by atoms with Crippen LogP contribution in [0.25, 0.3) is 0 Å². The fraction of sp³-hybridized carbons (Fsp3) is 0.471. The maximum absolute atomic E-state index is 11.2. The summed E-state index contributed by atoms with van der Waals surface area (Å²) in [6.07, 6.45) is 4.42. The van der Waals surface area contributed by atoms with Crippen LogP contribution in [0.4, 0.5) is 5.69 Å². The van der Waals surface area contributed by atoms with E-state index in [1.807, 2.05) is 25.1 Å². The second-order valence-electron chi connectivity index (χ2n) is 5.31. The number of anilines is 1. The lowest BCUT2D eigenvalue weighted by Crippen LogP contribution is -2.42. The Balaban J connectivity index is 2.30. The number of nitrogens with one attached hydrogen (secondary N) is 1. The van der Waals surface area contributed by atoms with E-state index in [0.29, 0.717) is 13.0 Å². The highest BCUT2D eigenvalue weighted by molar-refractivity contribution is 5.70. The fourth-order valence-electron chi connectivity index (χ4n) is 2.79. The zero-order chi connectivity index (χ0) is 15.3. The Labute approximate surface area is 125 Å². The Morgan fingerprint density at radius 1 is 1.38 bits per heavy atom. The van der Waals surface area contributed by atoms with Crippen molar-refractivity contribution in [2.45, 2.75) is 45.1 Å². The lowest BCUT2D eigenvalue weighted by molar-refractivity contribution is -0.144. The Morgan fingerprint density at radius 3 is 2.81 bits per heavy atom. The molecule has 0 unspecified atom stereocenters. The average molecular weight is 289 g/mol. The molecule has 0 fully saturated rings. The molecule has 1 atom stereocenters. The Hall–Kier alpha value is -1.81. The van der Waals surface area contributed by atoms with Gasteiger partial charge in [-0.1, -0.05) is 38.1 Å². The Kier molecular flexibility index (Phi) is 5.02. The molecule has 114 valence electrons. The number of ether oxygens (including phenoxy) is 1. The molecule has 0 saturated heterocycles. The van der Waals surface area contributed by atoms with Gasteiger partial charge in [0.1, 0.15) is 5.60 Å². The van der Waals surface area contributed by atoms with Crippen molar-refractivity contribution in [3.05, 3.63) is 41.6 Å². The Bertz CT molecular complexity index is 539. The highest BCUT2D eigenvalue weighted by Crippen LogP contribution is 2.34. The summed E-state index contributed by atoms with van der Waals surface area (Å²) in [5, 5.41) is 12.6. The average Bonchev–Trinajstić information content (AvgIpc) is 2.49. The van der Waals surface area contributed by atoms with Crippen LogP contribution in [-0.4, -0.2) is 23.3 Å². The summed E-state index contributed by atoms with van der Waals surface area (Å²) in [5.41, 5.74) is 2.37. The normalized spacial score (nSPS) is 21.7. The van der Waals surface area contributed by atoms with Crippen LogP contribution < -0.4 is 5.32 Å². The summed E-state index contributed by atoms with van der Waals surface area (Å²) < 4.78 is 5.87. The molecule has 1 aromatic carbocycles. The van der Waals surface area contributed by atoms with Gasteiger partial charge in [-0.05, 0) is 30.9 Å². The van der Waals surface area contributed by atoms with Crippen LogP contribution in [0.5, 0.6) is 0 Å². The zero-order valence-corrected chi connectivity index (χ0v) is 12.7. The van der Waals surface area contributed by atoms with E-state index < -0.39 is 11.6 Å². The van der Waals surface area contributed by atoms with Gasteiger partial charge in [0.05, 0.1) is 13.0 Å². The molecule has 0 spiro atoms. The number of rotatable bonds is 6. The molecule has 1 heterocycles. The molecule has 0 bridgehead atoms. The number of carbonyl (C=O) groups is 1. The number of carboxylic acids is 1. The van der Waals surface area contributed by atoms with Gasteiger partial charge in [-0.3, -0.25) is 4.79 Å². The van der Waals surface area contributed by atoms with Crippen LogP contribution >= 0.6 is 0 Å². The van der Waals surface area contributed by atoms with Crippen LogP contribution in [0.2, 0.25) is 0 Å². The minimum Gasteiger partial charge on any atom is -0.481 e. The van der Waals surface area contributed by atoms with E-state index in [9.17, 15) is 9.90 Å². The third-order valence-corrected chi connectivity index (χ3v) is 4.01. The minimum absolute atomic E-state index is 0.0172. The lowest BCUT2D eigenvalue weighted by atomic mass is 9.89. The molecular weight excluding hydrogens is 266 g/mol. The topological polar surface area (TPSA) is 58.6 Å². The second-order valence-corrected chi connectivity index (χ2v) is 5.31. The standard InChI is InChI=1S/C17H23NO3/c1-3-13-8-5-6-9-14(13)18-15-10-7-11-21-17(15,4-2)12-16(19)20/h5-6,8-10,18H,3-4,7,11-12H2,1-2H3,(H,19,20)/t17-/m1/s1. The summed E-state index contributed by atoms with van der Waals surface area (Å²) >= 11 is 0. The number of hydrogen-bond acceptors (Lipinski definition) is 3. The summed E-state index contributed by atoms with van der Waals surface area (Å²) in [7, 11) is 0. The van der Waals surface area contributed by atoms with Gasteiger partial charge in [0.15, 0.2) is 0 Å². The van der Waals surface area contributed by atoms with E-state index in [-0.39, 0.29) is 6.42 Å². The minimum atomic E-state index is -0.838. The number of aliphatic carboxylic acids is 1. The van der Waals surface area contributed by atoms with E-state index in [4.69, 9.17) is 4.74 Å². The number of hydrogen-bond donors (Lipinski definition) is 2. The molecule has 2 rings (SSSR count). The maximum Gasteiger partial charge on any atom is 0.306 e. The quantitative estimate of drug-likeness (QED) is 0.840. The molecule has 0 aliphatic carbocycles. The number of para-hydroxylation sites is 1. The SMILES string of the molecule is CCc1ccccc1NC1=CCCO[C@]1(CC)CC(=O)O. The number of carboxylic acid groups (broad SMARTS) is 1. The van der Waals surface area contributed by atoms with Gasteiger partial charge < -0.3 is 15.2 Å². The summed E-state index contributed by atoms with van der Waals surface area (Å²) in [6.45, 7) is 4.65. The molecule has 4 nitrogen and oxygen atoms in total. The number of aryl methyl sites for hydroxylation is 1. The lowest BCUT2D eigenvalue weighted by Gasteiger charge is -2.37. The second kappa shape index (κ2) is 6.76. The predicted molar refractivity (Wildman–Crippen MR) is 83.4 cm³/mol. The summed E-state index contributed by atoms with van der Waals surface area (Å²) in [4.78, 5) is 11.2. The smallest absolute Gasteiger partial charge is 0.306 e. The predicted octanol–water partition coefficient (Wildman–Crippen LogP) is 3.59. The van der Waals surface area contributed by atoms with Gasteiger partial charge in [-0.15, -0.1) is 0 Å². The first-order chi connectivity index (χ1) is 10.1. The molecule has 1 aliphatic heterocycles. The molecule has 0 amide bonds. The van der Waals surface area contributed by atoms with Crippen LogP contribution in [0.1, 0.15) is 38.7 Å². The number of benzene rings is 1. The maximum atomic E-state index is 11.2. The van der Waals surface area contributed by atoms with Gasteiger partial charge >= 0.3 is 5.97 Å². The summed E-state index contributed by atoms with van der Waals surface area (Å²) in [5.74, 6) is -0.838. The van der Waals surface area contributed by atoms with Gasteiger partial charge in [0, 0.05) is 11.4 Å². The van der Waals surface area contributed by atoms with Crippen LogP contribution in [0, 0.1) is 0 Å². The van der Waals surface area contributed by atoms with Crippen LogP contribution in [-0.2, 0) is 16.0 Å². The van der Waals surface area contributed by atoms with Gasteiger partial charge in [0.2, 0.25) is 0 Å². The van der Waals surface area contributed by atoms with E-state index >= 15 is 0 Å².